The lowest BCUT2D eigenvalue weighted by Crippen LogP contribution is -2.40. The second-order valence-corrected chi connectivity index (χ2v) is 6.12. The van der Waals surface area contributed by atoms with E-state index in [-0.39, 0.29) is 24.0 Å². The van der Waals surface area contributed by atoms with Crippen molar-refractivity contribution >= 4 is 47.4 Å². The molecule has 6 nitrogen and oxygen atoms in total. The van der Waals surface area contributed by atoms with Gasteiger partial charge in [0.05, 0.1) is 6.54 Å². The summed E-state index contributed by atoms with van der Waals surface area (Å²) in [6, 6.07) is 14.4. The Morgan fingerprint density at radius 3 is 2.37 bits per heavy atom. The maximum Gasteiger partial charge on any atom is 0.248 e. The van der Waals surface area contributed by atoms with E-state index in [9.17, 15) is 4.79 Å². The summed E-state index contributed by atoms with van der Waals surface area (Å²) in [5, 5.41) is 3.96. The molecule has 0 heterocycles. The van der Waals surface area contributed by atoms with Crippen LogP contribution in [0.5, 0.6) is 5.75 Å². The fourth-order valence-electron chi connectivity index (χ4n) is 2.29. The number of nitrogens with two attached hydrogens (primary N) is 1. The predicted molar refractivity (Wildman–Crippen MR) is 120 cm³/mol. The molecule has 27 heavy (non-hydrogen) atoms. The molecule has 2 rings (SSSR count). The Labute approximate surface area is 181 Å². The molecule has 0 aliphatic carbocycles. The van der Waals surface area contributed by atoms with Crippen molar-refractivity contribution < 1.29 is 9.53 Å². The number of benzene rings is 2. The van der Waals surface area contributed by atoms with Gasteiger partial charge in [-0.1, -0.05) is 23.7 Å². The van der Waals surface area contributed by atoms with Crippen molar-refractivity contribution in [3.63, 3.8) is 0 Å². The van der Waals surface area contributed by atoms with Crippen molar-refractivity contribution in [2.24, 2.45) is 10.7 Å². The topological polar surface area (TPSA) is 79.9 Å². The third-order valence-corrected chi connectivity index (χ3v) is 4.02. The van der Waals surface area contributed by atoms with Crippen LogP contribution in [0.1, 0.15) is 15.9 Å². The van der Waals surface area contributed by atoms with E-state index in [4.69, 9.17) is 22.1 Å². The van der Waals surface area contributed by atoms with Crippen molar-refractivity contribution in [2.45, 2.75) is 6.54 Å². The highest BCUT2D eigenvalue weighted by atomic mass is 127. The minimum absolute atomic E-state index is 0. The molecule has 3 N–H and O–H groups in total. The minimum atomic E-state index is -0.430. The first kappa shape index (κ1) is 23.0. The number of primary amides is 1. The lowest BCUT2D eigenvalue weighted by Gasteiger charge is -2.22. The van der Waals surface area contributed by atoms with Crippen molar-refractivity contribution in [3.05, 3.63) is 64.7 Å². The molecule has 0 aromatic heterocycles. The van der Waals surface area contributed by atoms with E-state index in [1.807, 2.05) is 36.2 Å². The van der Waals surface area contributed by atoms with Crippen LogP contribution in [0.4, 0.5) is 0 Å². The summed E-state index contributed by atoms with van der Waals surface area (Å²) in [5.74, 6) is 1.10. The Morgan fingerprint density at radius 2 is 1.81 bits per heavy atom. The summed E-state index contributed by atoms with van der Waals surface area (Å²) in [4.78, 5) is 17.3. The number of nitrogens with one attached hydrogen (secondary N) is 1. The maximum absolute atomic E-state index is 11.1. The molecule has 2 aromatic rings. The largest absolute Gasteiger partial charge is 0.492 e. The summed E-state index contributed by atoms with van der Waals surface area (Å²) in [5.41, 5.74) is 6.77. The second-order valence-electron chi connectivity index (χ2n) is 5.69. The van der Waals surface area contributed by atoms with E-state index >= 15 is 0 Å². The molecule has 0 atom stereocenters. The van der Waals surface area contributed by atoms with Gasteiger partial charge in [0, 0.05) is 31.2 Å². The van der Waals surface area contributed by atoms with E-state index in [1.165, 1.54) is 0 Å². The number of ether oxygens (including phenoxy) is 1. The second kappa shape index (κ2) is 11.7. The van der Waals surface area contributed by atoms with Gasteiger partial charge in [0.15, 0.2) is 5.96 Å². The number of likely N-dealkylation sites (N-methyl/N-ethyl adjacent to an activating group) is 1. The van der Waals surface area contributed by atoms with Gasteiger partial charge in [-0.25, -0.2) is 0 Å². The van der Waals surface area contributed by atoms with Crippen LogP contribution in [-0.2, 0) is 6.54 Å². The zero-order valence-corrected chi connectivity index (χ0v) is 18.4. The number of carbonyl (C=O) groups excluding carboxylic acids is 1. The van der Waals surface area contributed by atoms with Gasteiger partial charge in [0.1, 0.15) is 12.4 Å². The molecule has 1 amide bonds. The van der Waals surface area contributed by atoms with Gasteiger partial charge in [0.25, 0.3) is 0 Å². The number of aliphatic imine (C=N–C) groups is 1. The summed E-state index contributed by atoms with van der Waals surface area (Å²) in [6.07, 6.45) is 0. The molecule has 0 saturated heterocycles. The van der Waals surface area contributed by atoms with E-state index in [1.54, 1.807) is 31.3 Å². The highest BCUT2D eigenvalue weighted by molar-refractivity contribution is 14.0. The van der Waals surface area contributed by atoms with Gasteiger partial charge in [0.2, 0.25) is 5.91 Å². The molecule has 0 unspecified atom stereocenters. The van der Waals surface area contributed by atoms with Gasteiger partial charge in [-0.15, -0.1) is 24.0 Å². The molecule has 0 fully saturated rings. The molecule has 0 spiro atoms. The van der Waals surface area contributed by atoms with Gasteiger partial charge < -0.3 is 20.7 Å². The Hall–Kier alpha value is -2.00. The SMILES string of the molecule is CN=C(NCc1ccc(C(N)=O)cc1)N(C)CCOc1ccc(Cl)cc1.I. The van der Waals surface area contributed by atoms with Crippen LogP contribution in [0.2, 0.25) is 5.02 Å². The number of hydrogen-bond acceptors (Lipinski definition) is 3. The first-order chi connectivity index (χ1) is 12.5. The fourth-order valence-corrected chi connectivity index (χ4v) is 2.42. The number of nitrogens with zero attached hydrogens (tertiary/aromatic N) is 2. The molecule has 8 heteroatoms. The zero-order valence-electron chi connectivity index (χ0n) is 15.3. The average Bonchev–Trinajstić information content (AvgIpc) is 2.64. The number of amides is 1. The molecule has 0 aliphatic heterocycles. The number of hydrogen-bond donors (Lipinski definition) is 2. The van der Waals surface area contributed by atoms with E-state index in [2.05, 4.69) is 10.3 Å². The maximum atomic E-state index is 11.1. The van der Waals surface area contributed by atoms with Gasteiger partial charge in [-0.2, -0.15) is 0 Å². The monoisotopic (exact) mass is 502 g/mol. The summed E-state index contributed by atoms with van der Waals surface area (Å²) in [7, 11) is 3.67. The highest BCUT2D eigenvalue weighted by Gasteiger charge is 2.06. The molecule has 0 radical (unpaired) electrons. The zero-order chi connectivity index (χ0) is 18.9. The lowest BCUT2D eigenvalue weighted by atomic mass is 10.1. The van der Waals surface area contributed by atoms with Crippen molar-refractivity contribution in [2.75, 3.05) is 27.2 Å². The smallest absolute Gasteiger partial charge is 0.248 e. The number of carbonyl (C=O) groups is 1. The van der Waals surface area contributed by atoms with E-state index in [0.717, 1.165) is 17.3 Å². The normalized spacial score (nSPS) is 10.7. The minimum Gasteiger partial charge on any atom is -0.492 e. The van der Waals surface area contributed by atoms with Crippen molar-refractivity contribution in [1.82, 2.24) is 10.2 Å². The van der Waals surface area contributed by atoms with Crippen LogP contribution in [0, 0.1) is 0 Å². The fraction of sp³-hybridized carbons (Fsp3) is 0.263. The van der Waals surface area contributed by atoms with Gasteiger partial charge in [-0.3, -0.25) is 9.79 Å². The first-order valence-electron chi connectivity index (χ1n) is 8.18. The van der Waals surface area contributed by atoms with Crippen LogP contribution in [0.25, 0.3) is 0 Å². The van der Waals surface area contributed by atoms with Crippen LogP contribution in [0.15, 0.2) is 53.5 Å². The summed E-state index contributed by atoms with van der Waals surface area (Å²) < 4.78 is 5.70. The lowest BCUT2D eigenvalue weighted by molar-refractivity contribution is 0.100. The van der Waals surface area contributed by atoms with Crippen LogP contribution >= 0.6 is 35.6 Å². The van der Waals surface area contributed by atoms with Crippen LogP contribution in [0.3, 0.4) is 0 Å². The van der Waals surface area contributed by atoms with E-state index in [0.29, 0.717) is 30.3 Å². The van der Waals surface area contributed by atoms with Crippen molar-refractivity contribution in [1.29, 1.82) is 0 Å². The Morgan fingerprint density at radius 1 is 1.19 bits per heavy atom. The molecule has 2 aromatic carbocycles. The van der Waals surface area contributed by atoms with E-state index < -0.39 is 5.91 Å². The standard InChI is InChI=1S/C19H23ClN4O2.HI/c1-22-19(23-13-14-3-5-15(6-4-14)18(21)25)24(2)11-12-26-17-9-7-16(20)8-10-17;/h3-10H,11-13H2,1-2H3,(H2,21,25)(H,22,23);1H. The quantitative estimate of drug-likeness (QED) is 0.346. The molecular formula is C19H24ClIN4O2. The van der Waals surface area contributed by atoms with Gasteiger partial charge in [-0.05, 0) is 42.0 Å². The first-order valence-corrected chi connectivity index (χ1v) is 8.56. The Balaban J connectivity index is 0.00000364. The number of guanidine groups is 1. The molecular weight excluding hydrogens is 479 g/mol. The third kappa shape index (κ3) is 7.64. The summed E-state index contributed by atoms with van der Waals surface area (Å²) >= 11 is 5.86. The number of halogens is 2. The average molecular weight is 503 g/mol. The van der Waals surface area contributed by atoms with Gasteiger partial charge >= 0.3 is 0 Å². The summed E-state index contributed by atoms with van der Waals surface area (Å²) in [6.45, 7) is 1.78. The van der Waals surface area contributed by atoms with Crippen molar-refractivity contribution in [3.8, 4) is 5.75 Å². The molecule has 0 aliphatic rings. The molecule has 0 saturated carbocycles. The van der Waals surface area contributed by atoms with Crippen LogP contribution < -0.4 is 15.8 Å². The predicted octanol–water partition coefficient (Wildman–Crippen LogP) is 3.14. The number of rotatable bonds is 7. The van der Waals surface area contributed by atoms with Crippen LogP contribution in [-0.4, -0.2) is 44.0 Å². The Kier molecular flexibility index (Phi) is 9.95. The highest BCUT2D eigenvalue weighted by Crippen LogP contribution is 2.15. The molecule has 0 bridgehead atoms. The Bertz CT molecular complexity index is 751. The third-order valence-electron chi connectivity index (χ3n) is 3.77. The molecule has 146 valence electrons.